The van der Waals surface area contributed by atoms with Crippen molar-refractivity contribution in [2.45, 2.75) is 38.3 Å². The lowest BCUT2D eigenvalue weighted by molar-refractivity contribution is -0.141. The van der Waals surface area contributed by atoms with Gasteiger partial charge < -0.3 is 25.6 Å². The van der Waals surface area contributed by atoms with Crippen LogP contribution in [-0.4, -0.2) is 56.9 Å². The van der Waals surface area contributed by atoms with Crippen LogP contribution in [0.25, 0.3) is 11.0 Å². The molecule has 0 saturated carbocycles. The van der Waals surface area contributed by atoms with Gasteiger partial charge in [-0.25, -0.2) is 4.98 Å². The van der Waals surface area contributed by atoms with E-state index in [0.29, 0.717) is 30.8 Å². The number of nitrogens with zero attached hydrogens (tertiary/aromatic N) is 3. The minimum Gasteiger partial charge on any atom is -0.480 e. The fourth-order valence-electron chi connectivity index (χ4n) is 4.63. The number of likely N-dealkylation sites (tertiary alicyclic amines) is 1. The molecule has 3 aromatic rings. The molecule has 190 valence electrons. The third-order valence-electron chi connectivity index (χ3n) is 6.86. The summed E-state index contributed by atoms with van der Waals surface area (Å²) in [7, 11) is 1.94. The highest BCUT2D eigenvalue weighted by atomic mass is 16.4. The number of aromatic nitrogens is 2. The molecule has 0 radical (unpaired) electrons. The van der Waals surface area contributed by atoms with Crippen molar-refractivity contribution in [2.24, 2.45) is 12.8 Å². The second kappa shape index (κ2) is 10.4. The third kappa shape index (κ3) is 5.18. The average Bonchev–Trinajstić information content (AvgIpc) is 3.21. The molecule has 2 aromatic carbocycles. The van der Waals surface area contributed by atoms with Crippen LogP contribution in [0.1, 0.15) is 43.1 Å². The number of carboxylic acid groups (broad SMARTS) is 1. The van der Waals surface area contributed by atoms with E-state index < -0.39 is 11.5 Å². The number of anilines is 1. The molecule has 1 saturated heterocycles. The molecule has 1 aliphatic heterocycles. The zero-order chi connectivity index (χ0) is 25.9. The molecule has 4 rings (SSSR count). The normalized spacial score (nSPS) is 15.4. The smallest absolute Gasteiger partial charge is 0.317 e. The number of nitrogen functional groups attached to an aromatic ring is 1. The quantitative estimate of drug-likeness (QED) is 0.228. The number of fused-ring (bicyclic) bond motifs is 1. The minimum atomic E-state index is -1.18. The summed E-state index contributed by atoms with van der Waals surface area (Å²) < 4.78 is 1.99. The van der Waals surface area contributed by atoms with Crippen molar-refractivity contribution >= 4 is 34.4 Å². The Morgan fingerprint density at radius 3 is 2.47 bits per heavy atom. The van der Waals surface area contributed by atoms with Gasteiger partial charge in [-0.2, -0.15) is 0 Å². The van der Waals surface area contributed by atoms with Crippen LogP contribution in [0.5, 0.6) is 0 Å². The molecule has 1 unspecified atom stereocenters. The van der Waals surface area contributed by atoms with E-state index in [-0.39, 0.29) is 18.3 Å². The van der Waals surface area contributed by atoms with Crippen LogP contribution < -0.4 is 16.4 Å². The van der Waals surface area contributed by atoms with Gasteiger partial charge in [-0.1, -0.05) is 6.07 Å². The monoisotopic (exact) mass is 491 g/mol. The number of carboxylic acids is 1. The number of carbonyl (C=O) groups excluding carboxylic acids is 1. The number of nitrogens with two attached hydrogens (primary N) is 1. The highest BCUT2D eigenvalue weighted by Gasteiger charge is 2.39. The van der Waals surface area contributed by atoms with Gasteiger partial charge in [0.1, 0.15) is 17.2 Å². The Kier molecular flexibility index (Phi) is 7.25. The summed E-state index contributed by atoms with van der Waals surface area (Å²) in [6.45, 7) is 3.26. The predicted molar refractivity (Wildman–Crippen MR) is 139 cm³/mol. The maximum atomic E-state index is 13.6. The van der Waals surface area contributed by atoms with Crippen LogP contribution in [0.4, 0.5) is 5.69 Å². The van der Waals surface area contributed by atoms with Crippen molar-refractivity contribution in [3.05, 3.63) is 59.4 Å². The van der Waals surface area contributed by atoms with E-state index >= 15 is 0 Å². The van der Waals surface area contributed by atoms with Crippen LogP contribution in [-0.2, 0) is 28.7 Å². The fourth-order valence-corrected chi connectivity index (χ4v) is 4.63. The summed E-state index contributed by atoms with van der Waals surface area (Å²) >= 11 is 0. The molecular formula is C26H33N7O3. The lowest BCUT2D eigenvalue weighted by atomic mass is 9.89. The first-order chi connectivity index (χ1) is 17.2. The molecule has 0 spiro atoms. The van der Waals surface area contributed by atoms with Crippen LogP contribution >= 0.6 is 0 Å². The summed E-state index contributed by atoms with van der Waals surface area (Å²) in [5, 5.41) is 23.1. The molecule has 0 bridgehead atoms. The molecule has 1 atom stereocenters. The van der Waals surface area contributed by atoms with Crippen LogP contribution in [0.3, 0.4) is 0 Å². The zero-order valence-electron chi connectivity index (χ0n) is 20.7. The number of hydrogen-bond acceptors (Lipinski definition) is 6. The Morgan fingerprint density at radius 1 is 1.14 bits per heavy atom. The largest absolute Gasteiger partial charge is 0.480 e. The molecule has 0 aliphatic carbocycles. The number of imidazole rings is 1. The average molecular weight is 492 g/mol. The van der Waals surface area contributed by atoms with E-state index in [1.165, 1.54) is 0 Å². The van der Waals surface area contributed by atoms with E-state index in [4.69, 9.17) is 16.1 Å². The standard InChI is InChI=1S/C26H33N7O3/c1-26(30-16-23(34)35,25(36)33-12-4-3-5-13-33)18-8-11-21-20(14-18)31-22(32(21)2)15-29-19-9-6-17(7-10-19)24(27)28/h6-11,14,29-30H,3-5,12-13,15-16H2,1-2H3,(H3,27,28)(H,34,35). The van der Waals surface area contributed by atoms with Gasteiger partial charge in [-0.15, -0.1) is 0 Å². The number of piperidine rings is 1. The first-order valence-corrected chi connectivity index (χ1v) is 12.1. The predicted octanol–water partition coefficient (Wildman–Crippen LogP) is 2.37. The number of carbonyl (C=O) groups is 2. The Labute approximate surface area is 210 Å². The van der Waals surface area contributed by atoms with Crippen molar-refractivity contribution in [1.29, 1.82) is 5.41 Å². The Bertz CT molecular complexity index is 1280. The number of amidine groups is 1. The number of aryl methyl sites for hydroxylation is 1. The van der Waals surface area contributed by atoms with E-state index in [0.717, 1.165) is 41.8 Å². The van der Waals surface area contributed by atoms with Crippen LogP contribution in [0.15, 0.2) is 42.5 Å². The molecule has 10 nitrogen and oxygen atoms in total. The van der Waals surface area contributed by atoms with Gasteiger partial charge in [0.05, 0.1) is 24.1 Å². The van der Waals surface area contributed by atoms with Gasteiger partial charge in [-0.3, -0.25) is 20.3 Å². The molecule has 1 aliphatic rings. The second-order valence-corrected chi connectivity index (χ2v) is 9.36. The first-order valence-electron chi connectivity index (χ1n) is 12.1. The molecule has 1 fully saturated rings. The van der Waals surface area contributed by atoms with Crippen molar-refractivity contribution in [3.8, 4) is 0 Å². The summed E-state index contributed by atoms with van der Waals surface area (Å²) in [6, 6.07) is 13.0. The first kappa shape index (κ1) is 25.2. The van der Waals surface area contributed by atoms with E-state index in [9.17, 15) is 14.7 Å². The maximum absolute atomic E-state index is 13.6. The highest BCUT2D eigenvalue weighted by Crippen LogP contribution is 2.29. The Balaban J connectivity index is 1.60. The lowest BCUT2D eigenvalue weighted by Crippen LogP contribution is -2.55. The van der Waals surface area contributed by atoms with Crippen molar-refractivity contribution < 1.29 is 14.7 Å². The molecule has 36 heavy (non-hydrogen) atoms. The molecule has 6 N–H and O–H groups in total. The summed E-state index contributed by atoms with van der Waals surface area (Å²) in [5.74, 6) is -0.303. The zero-order valence-corrected chi connectivity index (χ0v) is 20.7. The van der Waals surface area contributed by atoms with Gasteiger partial charge in [0.2, 0.25) is 5.91 Å². The van der Waals surface area contributed by atoms with Crippen molar-refractivity contribution in [2.75, 3.05) is 25.0 Å². The van der Waals surface area contributed by atoms with E-state index in [1.807, 2.05) is 46.8 Å². The van der Waals surface area contributed by atoms with Gasteiger partial charge in [0, 0.05) is 31.4 Å². The van der Waals surface area contributed by atoms with Gasteiger partial charge >= 0.3 is 5.97 Å². The highest BCUT2D eigenvalue weighted by molar-refractivity contribution is 5.95. The third-order valence-corrected chi connectivity index (χ3v) is 6.86. The van der Waals surface area contributed by atoms with Crippen molar-refractivity contribution in [1.82, 2.24) is 19.8 Å². The molecule has 1 amide bonds. The number of benzene rings is 2. The Morgan fingerprint density at radius 2 is 1.83 bits per heavy atom. The van der Waals surface area contributed by atoms with Gasteiger partial charge in [0.15, 0.2) is 0 Å². The number of hydrogen-bond donors (Lipinski definition) is 5. The second-order valence-electron chi connectivity index (χ2n) is 9.36. The molecule has 10 heteroatoms. The summed E-state index contributed by atoms with van der Waals surface area (Å²) in [4.78, 5) is 31.5. The Hall–Kier alpha value is -3.92. The van der Waals surface area contributed by atoms with E-state index in [1.54, 1.807) is 19.1 Å². The number of aliphatic carboxylic acids is 1. The molecule has 1 aromatic heterocycles. The lowest BCUT2D eigenvalue weighted by Gasteiger charge is -2.37. The number of rotatable bonds is 9. The van der Waals surface area contributed by atoms with Crippen LogP contribution in [0, 0.1) is 5.41 Å². The topological polar surface area (TPSA) is 149 Å². The maximum Gasteiger partial charge on any atom is 0.317 e. The van der Waals surface area contributed by atoms with E-state index in [2.05, 4.69) is 10.6 Å². The SMILES string of the molecule is Cn1c(CNc2ccc(C(=N)N)cc2)nc2cc(C(C)(NCC(=O)O)C(=O)N3CCCCC3)ccc21. The van der Waals surface area contributed by atoms with Crippen LogP contribution in [0.2, 0.25) is 0 Å². The fraction of sp³-hybridized carbons (Fsp3) is 0.385. The van der Waals surface area contributed by atoms with Gasteiger partial charge in [-0.05, 0) is 68.1 Å². The number of amides is 1. The summed E-state index contributed by atoms with van der Waals surface area (Å²) in [6.07, 6.45) is 3.00. The number of nitrogens with one attached hydrogen (secondary N) is 3. The minimum absolute atomic E-state index is 0.0244. The van der Waals surface area contributed by atoms with Gasteiger partial charge in [0.25, 0.3) is 0 Å². The molecular weight excluding hydrogens is 458 g/mol. The summed E-state index contributed by atoms with van der Waals surface area (Å²) in [5.41, 5.74) is 8.21. The molecule has 2 heterocycles. The van der Waals surface area contributed by atoms with Crippen molar-refractivity contribution in [3.63, 3.8) is 0 Å².